The van der Waals surface area contributed by atoms with Crippen molar-refractivity contribution in [3.63, 3.8) is 0 Å². The number of rotatable bonds is 3. The van der Waals surface area contributed by atoms with Gasteiger partial charge in [-0.05, 0) is 11.6 Å². The standard InChI is InChI=1S/C14H18O7.C2H4/c15-6-10-4-9(16)5-13(20-10)21-12-3-8-1-2-18-14(17)11(8)7-19-12;1-2/h1,7,9-10,12-13,15-16H,2-6H2;1-2H2. The minimum absolute atomic E-state index is 0.163. The molecule has 3 rings (SSSR count). The first kappa shape index (κ1) is 17.7. The van der Waals surface area contributed by atoms with Gasteiger partial charge in [-0.2, -0.15) is 0 Å². The highest BCUT2D eigenvalue weighted by Gasteiger charge is 2.34. The number of fused-ring (bicyclic) bond motifs is 1. The highest BCUT2D eigenvalue weighted by Crippen LogP contribution is 2.30. The quantitative estimate of drug-likeness (QED) is 0.584. The third-order valence-corrected chi connectivity index (χ3v) is 3.69. The average molecular weight is 326 g/mol. The lowest BCUT2D eigenvalue weighted by Gasteiger charge is -2.35. The molecule has 128 valence electrons. The Morgan fingerprint density at radius 1 is 1.30 bits per heavy atom. The van der Waals surface area contributed by atoms with Crippen LogP contribution in [0, 0.1) is 0 Å². The minimum atomic E-state index is -0.637. The van der Waals surface area contributed by atoms with Crippen LogP contribution < -0.4 is 0 Å². The normalized spacial score (nSPS) is 33.0. The number of esters is 1. The molecule has 0 aromatic carbocycles. The Kier molecular flexibility index (Phi) is 6.35. The van der Waals surface area contributed by atoms with E-state index in [0.717, 1.165) is 5.57 Å². The third-order valence-electron chi connectivity index (χ3n) is 3.69. The smallest absolute Gasteiger partial charge is 0.341 e. The summed E-state index contributed by atoms with van der Waals surface area (Å²) in [5.41, 5.74) is 1.25. The Morgan fingerprint density at radius 3 is 2.83 bits per heavy atom. The molecule has 4 unspecified atom stereocenters. The summed E-state index contributed by atoms with van der Waals surface area (Å²) in [6.45, 7) is 6.09. The SMILES string of the molecule is C=C.O=C1OCC=C2CC(OC3CC(O)CC(CO)O3)OC=C12. The highest BCUT2D eigenvalue weighted by atomic mass is 16.8. The summed E-state index contributed by atoms with van der Waals surface area (Å²) in [6, 6.07) is 0. The maximum atomic E-state index is 11.5. The molecule has 0 bridgehead atoms. The van der Waals surface area contributed by atoms with E-state index < -0.39 is 30.8 Å². The Labute approximate surface area is 134 Å². The van der Waals surface area contributed by atoms with E-state index in [1.54, 1.807) is 0 Å². The average Bonchev–Trinajstić information content (AvgIpc) is 2.56. The first-order chi connectivity index (χ1) is 11.2. The molecule has 0 amide bonds. The van der Waals surface area contributed by atoms with E-state index in [2.05, 4.69) is 13.2 Å². The van der Waals surface area contributed by atoms with Gasteiger partial charge in [0.05, 0.1) is 24.4 Å². The van der Waals surface area contributed by atoms with E-state index in [-0.39, 0.29) is 13.2 Å². The van der Waals surface area contributed by atoms with Gasteiger partial charge >= 0.3 is 5.97 Å². The lowest BCUT2D eigenvalue weighted by atomic mass is 10.00. The van der Waals surface area contributed by atoms with Crippen molar-refractivity contribution < 1.29 is 34.0 Å². The summed E-state index contributed by atoms with van der Waals surface area (Å²) in [4.78, 5) is 11.5. The lowest BCUT2D eigenvalue weighted by molar-refractivity contribution is -0.275. The Balaban J connectivity index is 0.000000924. The molecule has 0 saturated carbocycles. The van der Waals surface area contributed by atoms with Gasteiger partial charge in [0.1, 0.15) is 12.9 Å². The second-order valence-electron chi connectivity index (χ2n) is 5.26. The largest absolute Gasteiger partial charge is 0.471 e. The zero-order chi connectivity index (χ0) is 16.8. The van der Waals surface area contributed by atoms with E-state index in [1.807, 2.05) is 6.08 Å². The third kappa shape index (κ3) is 4.42. The Morgan fingerprint density at radius 2 is 2.09 bits per heavy atom. The zero-order valence-corrected chi connectivity index (χ0v) is 12.8. The first-order valence-electron chi connectivity index (χ1n) is 7.47. The molecule has 23 heavy (non-hydrogen) atoms. The van der Waals surface area contributed by atoms with Crippen molar-refractivity contribution in [2.45, 2.75) is 44.1 Å². The van der Waals surface area contributed by atoms with Gasteiger partial charge in [0.25, 0.3) is 0 Å². The fourth-order valence-electron chi connectivity index (χ4n) is 2.63. The van der Waals surface area contributed by atoms with Crippen molar-refractivity contribution in [3.8, 4) is 0 Å². The maximum absolute atomic E-state index is 11.5. The molecule has 0 spiro atoms. The topological polar surface area (TPSA) is 94.5 Å². The van der Waals surface area contributed by atoms with Crippen LogP contribution in [0.15, 0.2) is 36.6 Å². The van der Waals surface area contributed by atoms with Crippen molar-refractivity contribution in [3.05, 3.63) is 36.6 Å². The molecule has 1 fully saturated rings. The molecular weight excluding hydrogens is 304 g/mol. The molecule has 0 aromatic rings. The number of aliphatic hydroxyl groups is 2. The molecule has 3 aliphatic rings. The van der Waals surface area contributed by atoms with Crippen molar-refractivity contribution in [2.24, 2.45) is 0 Å². The van der Waals surface area contributed by atoms with Crippen LogP contribution in [0.1, 0.15) is 19.3 Å². The summed E-state index contributed by atoms with van der Waals surface area (Å²) in [5.74, 6) is -0.393. The fourth-order valence-corrected chi connectivity index (χ4v) is 2.63. The van der Waals surface area contributed by atoms with Crippen molar-refractivity contribution in [2.75, 3.05) is 13.2 Å². The molecule has 2 N–H and O–H groups in total. The number of aliphatic hydroxyl groups excluding tert-OH is 2. The van der Waals surface area contributed by atoms with Crippen molar-refractivity contribution in [1.82, 2.24) is 0 Å². The second-order valence-corrected chi connectivity index (χ2v) is 5.26. The summed E-state index contributed by atoms with van der Waals surface area (Å²) in [5, 5.41) is 18.9. The van der Waals surface area contributed by atoms with Gasteiger partial charge in [-0.1, -0.05) is 0 Å². The first-order valence-corrected chi connectivity index (χ1v) is 7.47. The van der Waals surface area contributed by atoms with Crippen molar-refractivity contribution >= 4 is 5.97 Å². The Bertz CT molecular complexity index is 485. The van der Waals surface area contributed by atoms with E-state index >= 15 is 0 Å². The molecule has 1 saturated heterocycles. The highest BCUT2D eigenvalue weighted by molar-refractivity contribution is 5.94. The summed E-state index contributed by atoms with van der Waals surface area (Å²) in [7, 11) is 0. The van der Waals surface area contributed by atoms with Crippen LogP contribution in [0.3, 0.4) is 0 Å². The molecule has 4 atom stereocenters. The van der Waals surface area contributed by atoms with Gasteiger partial charge in [0, 0.05) is 19.3 Å². The predicted octanol–water partition coefficient (Wildman–Crippen LogP) is 0.777. The predicted molar refractivity (Wildman–Crippen MR) is 79.9 cm³/mol. The van der Waals surface area contributed by atoms with E-state index in [1.165, 1.54) is 6.26 Å². The van der Waals surface area contributed by atoms with Crippen LogP contribution >= 0.6 is 0 Å². The van der Waals surface area contributed by atoms with Crippen LogP contribution in [0.5, 0.6) is 0 Å². The van der Waals surface area contributed by atoms with Gasteiger partial charge in [-0.3, -0.25) is 0 Å². The van der Waals surface area contributed by atoms with Crippen LogP contribution in [0.4, 0.5) is 0 Å². The van der Waals surface area contributed by atoms with Crippen LogP contribution in [0.2, 0.25) is 0 Å². The van der Waals surface area contributed by atoms with Crippen LogP contribution in [-0.4, -0.2) is 54.2 Å². The van der Waals surface area contributed by atoms with Gasteiger partial charge < -0.3 is 29.2 Å². The molecule has 7 heteroatoms. The van der Waals surface area contributed by atoms with E-state index in [4.69, 9.17) is 24.1 Å². The molecule has 0 radical (unpaired) electrons. The van der Waals surface area contributed by atoms with E-state index in [0.29, 0.717) is 24.8 Å². The molecule has 0 aromatic heterocycles. The molecule has 7 nitrogen and oxygen atoms in total. The maximum Gasteiger partial charge on any atom is 0.341 e. The molecular formula is C16H22O7. The fraction of sp³-hybridized carbons (Fsp3) is 0.562. The Hall–Kier alpha value is -1.67. The van der Waals surface area contributed by atoms with Gasteiger partial charge in [0.2, 0.25) is 6.29 Å². The van der Waals surface area contributed by atoms with Crippen molar-refractivity contribution in [1.29, 1.82) is 0 Å². The van der Waals surface area contributed by atoms with Crippen LogP contribution in [-0.2, 0) is 23.7 Å². The van der Waals surface area contributed by atoms with Crippen LogP contribution in [0.25, 0.3) is 0 Å². The number of cyclic esters (lactones) is 1. The molecule has 3 aliphatic heterocycles. The van der Waals surface area contributed by atoms with Gasteiger partial charge in [-0.15, -0.1) is 13.2 Å². The number of carbonyl (C=O) groups is 1. The molecule has 0 aliphatic carbocycles. The van der Waals surface area contributed by atoms with Gasteiger partial charge in [0.15, 0.2) is 6.29 Å². The summed E-state index contributed by atoms with van der Waals surface area (Å²) >= 11 is 0. The minimum Gasteiger partial charge on any atom is -0.471 e. The summed E-state index contributed by atoms with van der Waals surface area (Å²) < 4.78 is 21.4. The molecule has 3 heterocycles. The number of ether oxygens (including phenoxy) is 4. The van der Waals surface area contributed by atoms with E-state index in [9.17, 15) is 9.90 Å². The lowest BCUT2D eigenvalue weighted by Crippen LogP contribution is -2.41. The summed E-state index contributed by atoms with van der Waals surface area (Å²) in [6.07, 6.45) is 2.07. The number of carbonyl (C=O) groups excluding carboxylic acids is 1. The monoisotopic (exact) mass is 326 g/mol. The zero-order valence-electron chi connectivity index (χ0n) is 12.8. The number of hydrogen-bond donors (Lipinski definition) is 2. The number of hydrogen-bond acceptors (Lipinski definition) is 7. The second kappa shape index (κ2) is 8.26. The van der Waals surface area contributed by atoms with Gasteiger partial charge in [-0.25, -0.2) is 4.79 Å².